The monoisotopic (exact) mass is 562 g/mol. The number of alkyl halides is 3. The van der Waals surface area contributed by atoms with Crippen LogP contribution in [0.5, 0.6) is 5.88 Å². The van der Waals surface area contributed by atoms with Gasteiger partial charge in [0.15, 0.2) is 0 Å². The molecule has 2 aromatic heterocycles. The molecule has 0 saturated carbocycles. The van der Waals surface area contributed by atoms with Gasteiger partial charge in [0.2, 0.25) is 17.9 Å². The molecule has 4 N–H and O–H groups in total. The van der Waals surface area contributed by atoms with Crippen LogP contribution in [0.3, 0.4) is 0 Å². The molecule has 3 aromatic rings. The minimum Gasteiger partial charge on any atom is -0.480 e. The van der Waals surface area contributed by atoms with Crippen molar-refractivity contribution in [2.75, 3.05) is 12.3 Å². The van der Waals surface area contributed by atoms with E-state index in [0.717, 1.165) is 5.57 Å². The van der Waals surface area contributed by atoms with Crippen LogP contribution < -0.4 is 15.8 Å². The Balaban J connectivity index is 1.44. The quantitative estimate of drug-likeness (QED) is 0.387. The summed E-state index contributed by atoms with van der Waals surface area (Å²) in [5, 5.41) is 16.8. The van der Waals surface area contributed by atoms with Crippen LogP contribution in [-0.4, -0.2) is 49.6 Å². The van der Waals surface area contributed by atoms with Crippen LogP contribution >= 0.6 is 11.6 Å². The van der Waals surface area contributed by atoms with Crippen molar-refractivity contribution < 1.29 is 27.8 Å². The van der Waals surface area contributed by atoms with Gasteiger partial charge < -0.3 is 20.9 Å². The highest BCUT2D eigenvalue weighted by Gasteiger charge is 2.45. The van der Waals surface area contributed by atoms with Crippen LogP contribution in [0.25, 0.3) is 11.3 Å². The molecule has 0 radical (unpaired) electrons. The number of halogens is 4. The number of hydrogen-bond acceptors (Lipinski definition) is 7. The van der Waals surface area contributed by atoms with Gasteiger partial charge in [0.1, 0.15) is 6.04 Å². The molecule has 9 nitrogen and oxygen atoms in total. The molecule has 0 bridgehead atoms. The van der Waals surface area contributed by atoms with E-state index >= 15 is 0 Å². The Kier molecular flexibility index (Phi) is 7.02. The van der Waals surface area contributed by atoms with E-state index in [-0.39, 0.29) is 33.5 Å². The highest BCUT2D eigenvalue weighted by molar-refractivity contribution is 6.30. The van der Waals surface area contributed by atoms with Gasteiger partial charge in [-0.1, -0.05) is 23.7 Å². The van der Waals surface area contributed by atoms with E-state index in [2.05, 4.69) is 20.4 Å². The number of allylic oxidation sites excluding steroid dienone is 2. The number of carbonyl (C=O) groups is 1. The summed E-state index contributed by atoms with van der Waals surface area (Å²) >= 11 is 6.11. The molecule has 2 aliphatic rings. The maximum absolute atomic E-state index is 14.4. The van der Waals surface area contributed by atoms with Gasteiger partial charge in [0, 0.05) is 29.4 Å². The second-order valence-electron chi connectivity index (χ2n) is 10.0. The van der Waals surface area contributed by atoms with Gasteiger partial charge in [-0.2, -0.15) is 23.3 Å². The van der Waals surface area contributed by atoms with Crippen LogP contribution in [0.4, 0.5) is 19.1 Å². The molecule has 206 valence electrons. The fourth-order valence-electron chi connectivity index (χ4n) is 5.20. The SMILES string of the molecule is Cc1ccn(-c2cc(Cl)ccc2[C@@H](Oc2cc(C3=CC[C@]4(CC3)CN[C@H](C(=O)O)C4)nc(N)n2)C(F)(F)F)n1. The molecule has 0 unspecified atom stereocenters. The lowest BCUT2D eigenvalue weighted by Gasteiger charge is -2.31. The number of nitrogens with zero attached hydrogens (tertiary/aromatic N) is 4. The van der Waals surface area contributed by atoms with Crippen molar-refractivity contribution in [1.82, 2.24) is 25.1 Å². The minimum absolute atomic E-state index is 0.116. The molecule has 1 spiro atoms. The maximum Gasteiger partial charge on any atom is 0.429 e. The first-order valence-electron chi connectivity index (χ1n) is 12.3. The molecule has 1 aliphatic carbocycles. The van der Waals surface area contributed by atoms with E-state index in [1.54, 1.807) is 19.2 Å². The van der Waals surface area contributed by atoms with E-state index in [1.165, 1.54) is 28.9 Å². The first kappa shape index (κ1) is 26.9. The van der Waals surface area contributed by atoms with E-state index in [0.29, 0.717) is 43.6 Å². The summed E-state index contributed by atoms with van der Waals surface area (Å²) in [5.74, 6) is -1.43. The zero-order chi connectivity index (χ0) is 27.9. The van der Waals surface area contributed by atoms with Crippen LogP contribution in [-0.2, 0) is 4.79 Å². The maximum atomic E-state index is 14.4. The van der Waals surface area contributed by atoms with Crippen LogP contribution in [0.2, 0.25) is 5.02 Å². The molecule has 13 heteroatoms. The van der Waals surface area contributed by atoms with Gasteiger partial charge in [-0.25, -0.2) is 9.67 Å². The number of aromatic nitrogens is 4. The molecule has 1 aromatic carbocycles. The Labute approximate surface area is 226 Å². The van der Waals surface area contributed by atoms with Gasteiger partial charge in [-0.3, -0.25) is 4.79 Å². The molecule has 3 atom stereocenters. The highest BCUT2D eigenvalue weighted by atomic mass is 35.5. The number of carboxylic acids is 1. The van der Waals surface area contributed by atoms with Gasteiger partial charge in [-0.15, -0.1) is 0 Å². The lowest BCUT2D eigenvalue weighted by molar-refractivity contribution is -0.198. The third-order valence-electron chi connectivity index (χ3n) is 7.19. The topological polar surface area (TPSA) is 128 Å². The predicted octanol–water partition coefficient (Wildman–Crippen LogP) is 4.89. The van der Waals surface area contributed by atoms with Crippen molar-refractivity contribution in [3.05, 3.63) is 64.6 Å². The second kappa shape index (κ2) is 10.2. The molecule has 0 amide bonds. The molecule has 5 rings (SSSR count). The first-order valence-corrected chi connectivity index (χ1v) is 12.7. The number of nitrogens with one attached hydrogen (secondary N) is 1. The predicted molar refractivity (Wildman–Crippen MR) is 137 cm³/mol. The highest BCUT2D eigenvalue weighted by Crippen LogP contribution is 2.45. The number of nitrogens with two attached hydrogens (primary N) is 1. The van der Waals surface area contributed by atoms with Crippen molar-refractivity contribution in [2.24, 2.45) is 5.41 Å². The van der Waals surface area contributed by atoms with E-state index in [9.17, 15) is 23.1 Å². The number of aryl methyl sites for hydroxylation is 1. The van der Waals surface area contributed by atoms with Crippen LogP contribution in [0.1, 0.15) is 48.7 Å². The van der Waals surface area contributed by atoms with Gasteiger partial charge >= 0.3 is 12.1 Å². The van der Waals surface area contributed by atoms with Crippen LogP contribution in [0.15, 0.2) is 42.6 Å². The first-order chi connectivity index (χ1) is 18.4. The Bertz CT molecular complexity index is 1440. The third-order valence-corrected chi connectivity index (χ3v) is 7.43. The van der Waals surface area contributed by atoms with E-state index in [1.807, 2.05) is 6.08 Å². The smallest absolute Gasteiger partial charge is 0.429 e. The molecular weight excluding hydrogens is 537 g/mol. The molecule has 3 heterocycles. The summed E-state index contributed by atoms with van der Waals surface area (Å²) in [6, 6.07) is 6.42. The third kappa shape index (κ3) is 5.71. The normalized spacial score (nSPS) is 22.1. The zero-order valence-corrected chi connectivity index (χ0v) is 21.6. The average Bonchev–Trinajstić information content (AvgIpc) is 3.49. The zero-order valence-electron chi connectivity index (χ0n) is 20.9. The Hall–Kier alpha value is -3.64. The van der Waals surface area contributed by atoms with Crippen molar-refractivity contribution in [3.63, 3.8) is 0 Å². The fraction of sp³-hybridized carbons (Fsp3) is 0.385. The number of hydrogen-bond donors (Lipinski definition) is 3. The van der Waals surface area contributed by atoms with Gasteiger partial charge in [0.25, 0.3) is 0 Å². The number of anilines is 1. The largest absolute Gasteiger partial charge is 0.480 e. The summed E-state index contributed by atoms with van der Waals surface area (Å²) in [5.41, 5.74) is 7.40. The van der Waals surface area contributed by atoms with Gasteiger partial charge in [-0.05, 0) is 61.8 Å². The summed E-state index contributed by atoms with van der Waals surface area (Å²) in [7, 11) is 0. The van der Waals surface area contributed by atoms with Crippen molar-refractivity contribution >= 4 is 29.1 Å². The Morgan fingerprint density at radius 3 is 2.72 bits per heavy atom. The van der Waals surface area contributed by atoms with Gasteiger partial charge in [0.05, 0.1) is 17.1 Å². The summed E-state index contributed by atoms with van der Waals surface area (Å²) in [4.78, 5) is 19.5. The Morgan fingerprint density at radius 1 is 1.31 bits per heavy atom. The number of aliphatic carboxylic acids is 1. The van der Waals surface area contributed by atoms with E-state index < -0.39 is 24.3 Å². The number of carboxylic acid groups (broad SMARTS) is 1. The Morgan fingerprint density at radius 2 is 2.10 bits per heavy atom. The number of rotatable bonds is 6. The average molecular weight is 563 g/mol. The lowest BCUT2D eigenvalue weighted by Crippen LogP contribution is -2.30. The summed E-state index contributed by atoms with van der Waals surface area (Å²) in [6.07, 6.45) is -1.32. The molecule has 1 saturated heterocycles. The second-order valence-corrected chi connectivity index (χ2v) is 10.4. The standard InChI is InChI=1S/C26H26ClF3N6O3/c1-14-6-9-36(35-14)20-10-16(27)2-3-17(20)22(26(28,29)30)39-21-11-18(33-24(31)34-21)15-4-7-25(8-5-15)12-19(23(37)38)32-13-25/h2-4,6,9-11,19,22,32H,5,7-8,12-13H2,1H3,(H,37,38)(H2,31,33,34)/t19-,22+,25+/m0/s1. The van der Waals surface area contributed by atoms with Crippen molar-refractivity contribution in [1.29, 1.82) is 0 Å². The summed E-state index contributed by atoms with van der Waals surface area (Å²) < 4.78 is 49.9. The van der Waals surface area contributed by atoms with E-state index in [4.69, 9.17) is 22.1 Å². The molecule has 1 fully saturated rings. The summed E-state index contributed by atoms with van der Waals surface area (Å²) in [6.45, 7) is 2.31. The number of ether oxygens (including phenoxy) is 1. The lowest BCUT2D eigenvalue weighted by atomic mass is 9.73. The fourth-order valence-corrected chi connectivity index (χ4v) is 5.36. The van der Waals surface area contributed by atoms with Crippen molar-refractivity contribution in [2.45, 2.75) is 50.9 Å². The molecule has 1 aliphatic heterocycles. The molecule has 39 heavy (non-hydrogen) atoms. The van der Waals surface area contributed by atoms with Crippen molar-refractivity contribution in [3.8, 4) is 11.6 Å². The number of nitrogen functional groups attached to an aromatic ring is 1. The molecular formula is C26H26ClF3N6O3. The minimum atomic E-state index is -4.81. The van der Waals surface area contributed by atoms with Crippen LogP contribution in [0, 0.1) is 12.3 Å². The number of benzene rings is 1.